The Kier molecular flexibility index (Phi) is 9.63. The minimum Gasteiger partial charge on any atom is -0.494 e. The van der Waals surface area contributed by atoms with Gasteiger partial charge in [0.1, 0.15) is 23.2 Å². The fraction of sp³-hybridized carbons (Fsp3) is 0.278. The van der Waals surface area contributed by atoms with Crippen molar-refractivity contribution in [2.24, 2.45) is 0 Å². The van der Waals surface area contributed by atoms with Crippen molar-refractivity contribution in [1.29, 1.82) is 5.26 Å². The van der Waals surface area contributed by atoms with Crippen molar-refractivity contribution in [3.63, 3.8) is 0 Å². The number of nitrogens with one attached hydrogen (secondary N) is 2. The van der Waals surface area contributed by atoms with Crippen molar-refractivity contribution in [2.75, 3.05) is 55.9 Å². The molecule has 13 nitrogen and oxygen atoms in total. The van der Waals surface area contributed by atoms with Gasteiger partial charge in [-0.3, -0.25) is 4.90 Å². The van der Waals surface area contributed by atoms with Crippen molar-refractivity contribution < 1.29 is 22.7 Å². The maximum absolute atomic E-state index is 13.9. The first-order chi connectivity index (χ1) is 24.0. The lowest BCUT2D eigenvalue weighted by molar-refractivity contribution is 0.0601. The number of hydrogen-bond donors (Lipinski definition) is 2. The van der Waals surface area contributed by atoms with Gasteiger partial charge in [-0.1, -0.05) is 23.8 Å². The molecule has 2 aromatic heterocycles. The topological polar surface area (TPSA) is 155 Å². The second-order valence-corrected chi connectivity index (χ2v) is 14.0. The largest absolute Gasteiger partial charge is 0.494 e. The molecule has 0 unspecified atom stereocenters. The van der Waals surface area contributed by atoms with Gasteiger partial charge in [0, 0.05) is 50.2 Å². The SMILES string of the molecule is COC(=O)c1c(C#N)cccc1Nc1nc(Nc2ccc(N3CCN(C(C)C)CC3)cc2OC)nc2c1ccn2S(=O)(=O)c1ccc(C)cc1. The lowest BCUT2D eigenvalue weighted by Crippen LogP contribution is -2.48. The van der Waals surface area contributed by atoms with Crippen molar-refractivity contribution in [1.82, 2.24) is 18.8 Å². The summed E-state index contributed by atoms with van der Waals surface area (Å²) in [5.41, 5.74) is 2.93. The molecule has 0 bridgehead atoms. The Bertz CT molecular complexity index is 2200. The molecule has 6 rings (SSSR count). The van der Waals surface area contributed by atoms with Crippen LogP contribution >= 0.6 is 0 Å². The Morgan fingerprint density at radius 1 is 0.940 bits per heavy atom. The summed E-state index contributed by atoms with van der Waals surface area (Å²) in [5, 5.41) is 16.4. The highest BCUT2D eigenvalue weighted by Crippen LogP contribution is 2.35. The van der Waals surface area contributed by atoms with Crippen LogP contribution in [0.2, 0.25) is 0 Å². The standard InChI is InChI=1S/C36H38N8O5S/c1-23(2)42-17-19-43(20-18-42)26-11-14-29(31(21-26)48-4)39-36-40-33(38-30-8-6-7-25(22-37)32(30)35(45)49-5)28-15-16-44(34(28)41-36)50(46,47)27-12-9-24(3)10-13-27/h6-16,21,23H,17-20H2,1-5H3,(H2,38,39,40,41). The molecule has 14 heteroatoms. The number of piperazine rings is 1. The Hall–Kier alpha value is -5.65. The smallest absolute Gasteiger partial charge is 0.341 e. The number of aryl methyl sites for hydroxylation is 1. The Morgan fingerprint density at radius 3 is 2.34 bits per heavy atom. The second-order valence-electron chi connectivity index (χ2n) is 12.1. The van der Waals surface area contributed by atoms with E-state index in [1.807, 2.05) is 31.2 Å². The highest BCUT2D eigenvalue weighted by Gasteiger charge is 2.25. The van der Waals surface area contributed by atoms with Crippen molar-refractivity contribution >= 4 is 55.9 Å². The van der Waals surface area contributed by atoms with Gasteiger partial charge >= 0.3 is 5.97 Å². The first kappa shape index (κ1) is 34.2. The third-order valence-electron chi connectivity index (χ3n) is 8.76. The van der Waals surface area contributed by atoms with Gasteiger partial charge in [-0.15, -0.1) is 0 Å². The molecule has 0 radical (unpaired) electrons. The number of nitrogens with zero attached hydrogens (tertiary/aromatic N) is 6. The average molecular weight is 695 g/mol. The van der Waals surface area contributed by atoms with E-state index in [1.54, 1.807) is 49.6 Å². The summed E-state index contributed by atoms with van der Waals surface area (Å²) in [7, 11) is -1.27. The zero-order chi connectivity index (χ0) is 35.6. The van der Waals surface area contributed by atoms with Gasteiger partial charge in [0.15, 0.2) is 5.65 Å². The van der Waals surface area contributed by atoms with Crippen LogP contribution in [0.3, 0.4) is 0 Å². The predicted octanol–water partition coefficient (Wildman–Crippen LogP) is 5.66. The zero-order valence-corrected chi connectivity index (χ0v) is 29.3. The maximum atomic E-state index is 13.9. The molecule has 258 valence electrons. The van der Waals surface area contributed by atoms with Gasteiger partial charge in [-0.25, -0.2) is 17.2 Å². The van der Waals surface area contributed by atoms with Gasteiger partial charge in [0.05, 0.1) is 41.4 Å². The predicted molar refractivity (Wildman–Crippen MR) is 192 cm³/mol. The van der Waals surface area contributed by atoms with Gasteiger partial charge < -0.3 is 25.0 Å². The number of carbonyl (C=O) groups is 1. The monoisotopic (exact) mass is 694 g/mol. The maximum Gasteiger partial charge on any atom is 0.341 e. The van der Waals surface area contributed by atoms with Gasteiger partial charge in [-0.05, 0) is 63.2 Å². The molecule has 0 spiro atoms. The number of carbonyl (C=O) groups excluding carboxylic acids is 1. The molecule has 1 fully saturated rings. The molecular formula is C36H38N8O5S. The molecule has 3 heterocycles. The van der Waals surface area contributed by atoms with Crippen LogP contribution < -0.4 is 20.3 Å². The number of ether oxygens (including phenoxy) is 2. The number of rotatable bonds is 10. The number of esters is 1. The Balaban J connectivity index is 1.43. The number of aromatic nitrogens is 3. The number of benzene rings is 3. The third kappa shape index (κ3) is 6.65. The van der Waals surface area contributed by atoms with E-state index in [4.69, 9.17) is 14.5 Å². The van der Waals surface area contributed by atoms with Crippen LogP contribution in [0.1, 0.15) is 35.3 Å². The third-order valence-corrected chi connectivity index (χ3v) is 10.4. The fourth-order valence-corrected chi connectivity index (χ4v) is 7.25. The zero-order valence-electron chi connectivity index (χ0n) is 28.5. The number of hydrogen-bond acceptors (Lipinski definition) is 12. The molecular weight excluding hydrogens is 657 g/mol. The summed E-state index contributed by atoms with van der Waals surface area (Å²) in [6.45, 7) is 9.98. The van der Waals surface area contributed by atoms with Gasteiger partial charge in [0.2, 0.25) is 5.95 Å². The molecule has 5 aromatic rings. The van der Waals surface area contributed by atoms with E-state index >= 15 is 0 Å². The highest BCUT2D eigenvalue weighted by molar-refractivity contribution is 7.90. The first-order valence-electron chi connectivity index (χ1n) is 16.1. The number of anilines is 5. The molecule has 1 aliphatic heterocycles. The average Bonchev–Trinajstić information content (AvgIpc) is 3.57. The van der Waals surface area contributed by atoms with E-state index in [0.717, 1.165) is 41.4 Å². The fourth-order valence-electron chi connectivity index (χ4n) is 5.96. The number of nitriles is 1. The minimum absolute atomic E-state index is 0.0111. The van der Waals surface area contributed by atoms with Crippen LogP contribution in [0.4, 0.5) is 28.8 Å². The summed E-state index contributed by atoms with van der Waals surface area (Å²) in [4.78, 5) is 27.0. The van der Waals surface area contributed by atoms with E-state index in [2.05, 4.69) is 39.3 Å². The Morgan fingerprint density at radius 2 is 1.68 bits per heavy atom. The lowest BCUT2D eigenvalue weighted by atomic mass is 10.1. The first-order valence-corrected chi connectivity index (χ1v) is 17.5. The summed E-state index contributed by atoms with van der Waals surface area (Å²) in [6.07, 6.45) is 1.41. The van der Waals surface area contributed by atoms with E-state index < -0.39 is 16.0 Å². The van der Waals surface area contributed by atoms with E-state index in [9.17, 15) is 18.5 Å². The van der Waals surface area contributed by atoms with Crippen LogP contribution in [0.25, 0.3) is 11.0 Å². The highest BCUT2D eigenvalue weighted by atomic mass is 32.2. The molecule has 1 saturated heterocycles. The number of fused-ring (bicyclic) bond motifs is 1. The minimum atomic E-state index is -4.07. The molecule has 0 aliphatic carbocycles. The Labute approximate surface area is 291 Å². The molecule has 3 aromatic carbocycles. The van der Waals surface area contributed by atoms with E-state index in [0.29, 0.717) is 22.9 Å². The van der Waals surface area contributed by atoms with Crippen LogP contribution in [0, 0.1) is 18.3 Å². The van der Waals surface area contributed by atoms with E-state index in [-0.39, 0.29) is 39.1 Å². The molecule has 0 atom stereocenters. The van der Waals surface area contributed by atoms with Crippen LogP contribution in [0.15, 0.2) is 77.8 Å². The van der Waals surface area contributed by atoms with Crippen molar-refractivity contribution in [3.8, 4) is 11.8 Å². The summed E-state index contributed by atoms with van der Waals surface area (Å²) < 4.78 is 39.7. The van der Waals surface area contributed by atoms with Crippen LogP contribution in [0.5, 0.6) is 5.75 Å². The second kappa shape index (κ2) is 14.1. The quantitative estimate of drug-likeness (QED) is 0.173. The lowest BCUT2D eigenvalue weighted by Gasteiger charge is -2.38. The van der Waals surface area contributed by atoms with Crippen LogP contribution in [-0.4, -0.2) is 79.7 Å². The van der Waals surface area contributed by atoms with Gasteiger partial charge in [-0.2, -0.15) is 15.2 Å². The molecule has 2 N–H and O–H groups in total. The summed E-state index contributed by atoms with van der Waals surface area (Å²) in [5.74, 6) is 0.0773. The summed E-state index contributed by atoms with van der Waals surface area (Å²) >= 11 is 0. The molecule has 1 aliphatic rings. The number of methoxy groups -OCH3 is 2. The van der Waals surface area contributed by atoms with Crippen molar-refractivity contribution in [2.45, 2.75) is 31.7 Å². The van der Waals surface area contributed by atoms with Crippen molar-refractivity contribution in [3.05, 3.63) is 89.6 Å². The van der Waals surface area contributed by atoms with Crippen LogP contribution in [-0.2, 0) is 14.8 Å². The normalized spacial score (nSPS) is 13.7. The molecule has 50 heavy (non-hydrogen) atoms. The van der Waals surface area contributed by atoms with E-state index in [1.165, 1.54) is 19.4 Å². The molecule has 0 saturated carbocycles. The van der Waals surface area contributed by atoms with Gasteiger partial charge in [0.25, 0.3) is 10.0 Å². The summed E-state index contributed by atoms with van der Waals surface area (Å²) in [6, 6.07) is 21.2. The molecule has 0 amide bonds.